The zero-order valence-electron chi connectivity index (χ0n) is 13.2. The molecule has 2 aliphatic rings. The SMILES string of the molecule is C/C=C(/C(C)N1CCNC1)C(C)N1CCCCC1C. The minimum atomic E-state index is 0.559. The summed E-state index contributed by atoms with van der Waals surface area (Å²) >= 11 is 0. The van der Waals surface area contributed by atoms with Crippen molar-refractivity contribution >= 4 is 0 Å². The first-order chi connectivity index (χ1) is 9.15. The number of piperidine rings is 1. The molecule has 110 valence electrons. The van der Waals surface area contributed by atoms with Crippen LogP contribution in [0.2, 0.25) is 0 Å². The molecular formula is C16H31N3. The Kier molecular flexibility index (Phi) is 5.43. The van der Waals surface area contributed by atoms with E-state index in [0.29, 0.717) is 12.1 Å². The summed E-state index contributed by atoms with van der Waals surface area (Å²) in [6.07, 6.45) is 6.49. The van der Waals surface area contributed by atoms with E-state index in [1.54, 1.807) is 5.57 Å². The van der Waals surface area contributed by atoms with Gasteiger partial charge in [-0.25, -0.2) is 0 Å². The Morgan fingerprint density at radius 2 is 2.00 bits per heavy atom. The lowest BCUT2D eigenvalue weighted by atomic mass is 9.94. The van der Waals surface area contributed by atoms with Crippen molar-refractivity contribution in [2.24, 2.45) is 0 Å². The Hall–Kier alpha value is -0.380. The molecule has 2 heterocycles. The van der Waals surface area contributed by atoms with E-state index in [-0.39, 0.29) is 0 Å². The molecule has 0 amide bonds. The van der Waals surface area contributed by atoms with Crippen LogP contribution in [0.25, 0.3) is 0 Å². The first-order valence-electron chi connectivity index (χ1n) is 8.01. The van der Waals surface area contributed by atoms with Gasteiger partial charge >= 0.3 is 0 Å². The molecule has 2 saturated heterocycles. The number of allylic oxidation sites excluding steroid dienone is 1. The molecule has 0 aliphatic carbocycles. The van der Waals surface area contributed by atoms with Gasteiger partial charge in [-0.15, -0.1) is 0 Å². The summed E-state index contributed by atoms with van der Waals surface area (Å²) in [5.41, 5.74) is 1.59. The number of rotatable bonds is 4. The summed E-state index contributed by atoms with van der Waals surface area (Å²) in [7, 11) is 0. The maximum absolute atomic E-state index is 3.44. The molecule has 1 N–H and O–H groups in total. The van der Waals surface area contributed by atoms with Crippen molar-refractivity contribution in [1.29, 1.82) is 0 Å². The second-order valence-electron chi connectivity index (χ2n) is 6.19. The predicted octanol–water partition coefficient (Wildman–Crippen LogP) is 2.45. The van der Waals surface area contributed by atoms with E-state index < -0.39 is 0 Å². The fourth-order valence-corrected chi connectivity index (χ4v) is 3.78. The summed E-state index contributed by atoms with van der Waals surface area (Å²) in [5.74, 6) is 0. The molecule has 3 atom stereocenters. The molecule has 0 aromatic heterocycles. The van der Waals surface area contributed by atoms with Gasteiger partial charge in [-0.05, 0) is 52.7 Å². The van der Waals surface area contributed by atoms with Crippen LogP contribution in [0.15, 0.2) is 11.6 Å². The molecule has 2 fully saturated rings. The van der Waals surface area contributed by atoms with Gasteiger partial charge < -0.3 is 5.32 Å². The second kappa shape index (κ2) is 6.87. The second-order valence-corrected chi connectivity index (χ2v) is 6.19. The van der Waals surface area contributed by atoms with Gasteiger partial charge in [-0.2, -0.15) is 0 Å². The third kappa shape index (κ3) is 3.39. The Morgan fingerprint density at radius 1 is 1.21 bits per heavy atom. The zero-order chi connectivity index (χ0) is 13.8. The molecule has 0 bridgehead atoms. The lowest BCUT2D eigenvalue weighted by Crippen LogP contribution is -2.48. The molecular weight excluding hydrogens is 234 g/mol. The van der Waals surface area contributed by atoms with E-state index in [4.69, 9.17) is 0 Å². The fraction of sp³-hybridized carbons (Fsp3) is 0.875. The quantitative estimate of drug-likeness (QED) is 0.788. The minimum absolute atomic E-state index is 0.559. The van der Waals surface area contributed by atoms with Gasteiger partial charge in [-0.3, -0.25) is 9.80 Å². The Bertz CT molecular complexity index is 307. The lowest BCUT2D eigenvalue weighted by Gasteiger charge is -2.41. The van der Waals surface area contributed by atoms with Crippen LogP contribution in [0.1, 0.15) is 47.0 Å². The molecule has 3 unspecified atom stereocenters. The molecule has 0 aromatic rings. The van der Waals surface area contributed by atoms with Crippen molar-refractivity contribution in [2.45, 2.75) is 65.1 Å². The summed E-state index contributed by atoms with van der Waals surface area (Å²) in [4.78, 5) is 5.26. The van der Waals surface area contributed by atoms with Gasteiger partial charge in [0.15, 0.2) is 0 Å². The topological polar surface area (TPSA) is 18.5 Å². The average molecular weight is 265 g/mol. The van der Waals surface area contributed by atoms with Gasteiger partial charge in [-0.1, -0.05) is 12.5 Å². The average Bonchev–Trinajstić information content (AvgIpc) is 2.93. The van der Waals surface area contributed by atoms with E-state index in [0.717, 1.165) is 19.3 Å². The van der Waals surface area contributed by atoms with Crippen LogP contribution in [0.5, 0.6) is 0 Å². The van der Waals surface area contributed by atoms with Gasteiger partial charge in [0.1, 0.15) is 0 Å². The van der Waals surface area contributed by atoms with Crippen molar-refractivity contribution in [3.8, 4) is 0 Å². The molecule has 0 radical (unpaired) electrons. The monoisotopic (exact) mass is 265 g/mol. The van der Waals surface area contributed by atoms with E-state index in [2.05, 4.69) is 48.9 Å². The number of nitrogens with zero attached hydrogens (tertiary/aromatic N) is 2. The number of hydrogen-bond acceptors (Lipinski definition) is 3. The Balaban J connectivity index is 2.03. The number of hydrogen-bond donors (Lipinski definition) is 1. The third-order valence-electron chi connectivity index (χ3n) is 5.09. The smallest absolute Gasteiger partial charge is 0.0486 e. The highest BCUT2D eigenvalue weighted by molar-refractivity contribution is 5.17. The van der Waals surface area contributed by atoms with E-state index in [1.807, 2.05) is 0 Å². The van der Waals surface area contributed by atoms with Crippen molar-refractivity contribution in [1.82, 2.24) is 15.1 Å². The maximum Gasteiger partial charge on any atom is 0.0486 e. The summed E-state index contributed by atoms with van der Waals surface area (Å²) in [6, 6.07) is 1.88. The largest absolute Gasteiger partial charge is 0.303 e. The fourth-order valence-electron chi connectivity index (χ4n) is 3.78. The van der Waals surface area contributed by atoms with Crippen LogP contribution in [0.4, 0.5) is 0 Å². The van der Waals surface area contributed by atoms with Crippen LogP contribution in [0.3, 0.4) is 0 Å². The van der Waals surface area contributed by atoms with Crippen molar-refractivity contribution in [3.05, 3.63) is 11.6 Å². The van der Waals surface area contributed by atoms with Crippen LogP contribution in [0, 0.1) is 0 Å². The van der Waals surface area contributed by atoms with E-state index in [1.165, 1.54) is 32.4 Å². The lowest BCUT2D eigenvalue weighted by molar-refractivity contribution is 0.120. The predicted molar refractivity (Wildman–Crippen MR) is 82.3 cm³/mol. The van der Waals surface area contributed by atoms with Crippen LogP contribution < -0.4 is 5.32 Å². The normalized spacial score (nSPS) is 30.5. The standard InChI is InChI=1S/C16H31N3/c1-5-16(14(3)18-11-9-17-12-18)15(4)19-10-7-6-8-13(19)2/h5,13-15,17H,6-12H2,1-4H3/b16-5-. The van der Waals surface area contributed by atoms with Crippen LogP contribution >= 0.6 is 0 Å². The number of nitrogens with one attached hydrogen (secondary N) is 1. The summed E-state index contributed by atoms with van der Waals surface area (Å²) < 4.78 is 0. The van der Waals surface area contributed by atoms with Crippen molar-refractivity contribution in [2.75, 3.05) is 26.3 Å². The Labute approximate surface area is 119 Å². The van der Waals surface area contributed by atoms with Crippen LogP contribution in [-0.2, 0) is 0 Å². The molecule has 0 aromatic carbocycles. The third-order valence-corrected chi connectivity index (χ3v) is 5.09. The highest BCUT2D eigenvalue weighted by atomic mass is 15.3. The highest BCUT2D eigenvalue weighted by Crippen LogP contribution is 2.25. The van der Waals surface area contributed by atoms with E-state index >= 15 is 0 Å². The maximum atomic E-state index is 3.44. The van der Waals surface area contributed by atoms with E-state index in [9.17, 15) is 0 Å². The van der Waals surface area contributed by atoms with Crippen molar-refractivity contribution < 1.29 is 0 Å². The molecule has 3 heteroatoms. The van der Waals surface area contributed by atoms with Crippen molar-refractivity contribution in [3.63, 3.8) is 0 Å². The highest BCUT2D eigenvalue weighted by Gasteiger charge is 2.29. The van der Waals surface area contributed by atoms with Gasteiger partial charge in [0, 0.05) is 37.9 Å². The first-order valence-corrected chi connectivity index (χ1v) is 8.01. The first kappa shape index (κ1) is 15.0. The molecule has 0 spiro atoms. The van der Waals surface area contributed by atoms with Gasteiger partial charge in [0.25, 0.3) is 0 Å². The molecule has 3 nitrogen and oxygen atoms in total. The van der Waals surface area contributed by atoms with Gasteiger partial charge in [0.05, 0.1) is 0 Å². The van der Waals surface area contributed by atoms with Gasteiger partial charge in [0.2, 0.25) is 0 Å². The molecule has 2 rings (SSSR count). The zero-order valence-corrected chi connectivity index (χ0v) is 13.2. The Morgan fingerprint density at radius 3 is 2.58 bits per heavy atom. The summed E-state index contributed by atoms with van der Waals surface area (Å²) in [6.45, 7) is 14.0. The van der Waals surface area contributed by atoms with Crippen LogP contribution in [-0.4, -0.2) is 54.2 Å². The molecule has 19 heavy (non-hydrogen) atoms. The molecule has 2 aliphatic heterocycles. The minimum Gasteiger partial charge on any atom is -0.303 e. The molecule has 0 saturated carbocycles. The summed E-state index contributed by atoms with van der Waals surface area (Å²) in [5, 5.41) is 3.44. The number of likely N-dealkylation sites (tertiary alicyclic amines) is 1.